The molecule has 0 saturated heterocycles. The van der Waals surface area contributed by atoms with Gasteiger partial charge in [-0.05, 0) is 19.9 Å². The Labute approximate surface area is 118 Å². The molecule has 5 N–H and O–H groups in total. The van der Waals surface area contributed by atoms with Gasteiger partial charge in [-0.3, -0.25) is 4.79 Å². The summed E-state index contributed by atoms with van der Waals surface area (Å²) in [7, 11) is 0. The number of carboxylic acid groups (broad SMARTS) is 1. The van der Waals surface area contributed by atoms with Gasteiger partial charge in [-0.15, -0.1) is 0 Å². The smallest absolute Gasteiger partial charge is 0.320 e. The fraction of sp³-hybridized carbons (Fsp3) is 0.933. The molecule has 0 spiro atoms. The summed E-state index contributed by atoms with van der Waals surface area (Å²) in [6.07, 6.45) is 13.2. The highest BCUT2D eigenvalue weighted by Gasteiger charge is 2.07. The highest BCUT2D eigenvalue weighted by Crippen LogP contribution is 2.10. The van der Waals surface area contributed by atoms with Crippen LogP contribution in [0.1, 0.15) is 78.1 Å². The van der Waals surface area contributed by atoms with Gasteiger partial charge in [-0.1, -0.05) is 64.7 Å². The summed E-state index contributed by atoms with van der Waals surface area (Å²) in [5, 5.41) is 11.7. The first-order chi connectivity index (χ1) is 8.68. The maximum absolute atomic E-state index is 10.5. The molecule has 0 aliphatic heterocycles. The average Bonchev–Trinajstić information content (AvgIpc) is 2.35. The summed E-state index contributed by atoms with van der Waals surface area (Å²) in [6.45, 7) is 4.77. The van der Waals surface area contributed by atoms with Gasteiger partial charge in [0.15, 0.2) is 0 Å². The standard InChI is InChI=1S/C15H31NO2.H3N/c1-3-4-5-6-7-8-9-10-11-12-13-16-14(2)15(17)18;/h14,16H,3-13H2,1-2H3,(H,17,18);1H3. The van der Waals surface area contributed by atoms with E-state index in [9.17, 15) is 4.79 Å². The van der Waals surface area contributed by atoms with Gasteiger partial charge in [-0.25, -0.2) is 0 Å². The first-order valence-corrected chi connectivity index (χ1v) is 7.64. The second-order valence-corrected chi connectivity index (χ2v) is 5.20. The second kappa shape index (κ2) is 15.4. The average molecular weight is 274 g/mol. The fourth-order valence-electron chi connectivity index (χ4n) is 2.02. The lowest BCUT2D eigenvalue weighted by Gasteiger charge is -2.08. The lowest BCUT2D eigenvalue weighted by molar-refractivity contribution is -0.138. The Kier molecular flexibility index (Phi) is 16.8. The van der Waals surface area contributed by atoms with E-state index in [1.54, 1.807) is 6.92 Å². The van der Waals surface area contributed by atoms with Crippen molar-refractivity contribution >= 4 is 5.97 Å². The molecule has 4 heteroatoms. The Morgan fingerprint density at radius 3 is 1.79 bits per heavy atom. The topological polar surface area (TPSA) is 84.3 Å². The highest BCUT2D eigenvalue weighted by molar-refractivity contribution is 5.72. The third-order valence-corrected chi connectivity index (χ3v) is 3.35. The molecule has 0 aromatic rings. The number of carboxylic acids is 1. The van der Waals surface area contributed by atoms with Crippen LogP contribution in [0.5, 0.6) is 0 Å². The van der Waals surface area contributed by atoms with E-state index in [-0.39, 0.29) is 6.15 Å². The van der Waals surface area contributed by atoms with Gasteiger partial charge in [0.05, 0.1) is 0 Å². The van der Waals surface area contributed by atoms with Crippen LogP contribution in [-0.2, 0) is 4.79 Å². The van der Waals surface area contributed by atoms with Gasteiger partial charge in [0, 0.05) is 0 Å². The van der Waals surface area contributed by atoms with Crippen LogP contribution in [-0.4, -0.2) is 23.7 Å². The minimum Gasteiger partial charge on any atom is -0.480 e. The molecule has 0 aromatic heterocycles. The molecule has 0 aromatic carbocycles. The maximum atomic E-state index is 10.5. The molecule has 1 unspecified atom stereocenters. The van der Waals surface area contributed by atoms with Gasteiger partial charge >= 0.3 is 5.97 Å². The van der Waals surface area contributed by atoms with E-state index in [0.29, 0.717) is 0 Å². The predicted molar refractivity (Wildman–Crippen MR) is 82.0 cm³/mol. The van der Waals surface area contributed by atoms with Crippen molar-refractivity contribution in [2.75, 3.05) is 6.54 Å². The van der Waals surface area contributed by atoms with Crippen molar-refractivity contribution in [2.24, 2.45) is 0 Å². The zero-order valence-corrected chi connectivity index (χ0v) is 12.9. The van der Waals surface area contributed by atoms with E-state index < -0.39 is 12.0 Å². The van der Waals surface area contributed by atoms with Gasteiger partial charge in [-0.2, -0.15) is 0 Å². The first-order valence-electron chi connectivity index (χ1n) is 7.64. The van der Waals surface area contributed by atoms with Crippen LogP contribution in [0, 0.1) is 0 Å². The zero-order chi connectivity index (χ0) is 13.6. The molecule has 116 valence electrons. The SMILES string of the molecule is CCCCCCCCCCCCNC(C)C(=O)O.N. The predicted octanol–water partition coefficient (Wildman–Crippen LogP) is 4.13. The molecule has 0 saturated carbocycles. The molecular weight excluding hydrogens is 240 g/mol. The summed E-state index contributed by atoms with van der Waals surface area (Å²) >= 11 is 0. The third-order valence-electron chi connectivity index (χ3n) is 3.35. The third kappa shape index (κ3) is 15.3. The number of hydrogen-bond acceptors (Lipinski definition) is 3. The Bertz CT molecular complexity index is 199. The summed E-state index contributed by atoms with van der Waals surface area (Å²) in [5.41, 5.74) is 0. The van der Waals surface area contributed by atoms with E-state index in [0.717, 1.165) is 13.0 Å². The number of aliphatic carboxylic acids is 1. The Morgan fingerprint density at radius 1 is 0.947 bits per heavy atom. The largest absolute Gasteiger partial charge is 0.480 e. The van der Waals surface area contributed by atoms with E-state index in [2.05, 4.69) is 12.2 Å². The fourth-order valence-corrected chi connectivity index (χ4v) is 2.02. The number of carbonyl (C=O) groups is 1. The van der Waals surface area contributed by atoms with Crippen LogP contribution in [0.2, 0.25) is 0 Å². The monoisotopic (exact) mass is 274 g/mol. The van der Waals surface area contributed by atoms with Crippen LogP contribution >= 0.6 is 0 Å². The summed E-state index contributed by atoms with van der Waals surface area (Å²) < 4.78 is 0. The minimum atomic E-state index is -0.762. The molecule has 0 bridgehead atoms. The van der Waals surface area contributed by atoms with E-state index in [1.807, 2.05) is 0 Å². The van der Waals surface area contributed by atoms with Gasteiger partial charge in [0.25, 0.3) is 0 Å². The van der Waals surface area contributed by atoms with Gasteiger partial charge < -0.3 is 16.6 Å². The number of hydrogen-bond donors (Lipinski definition) is 3. The van der Waals surface area contributed by atoms with Crippen molar-refractivity contribution < 1.29 is 9.90 Å². The minimum absolute atomic E-state index is 0. The van der Waals surface area contributed by atoms with Crippen molar-refractivity contribution in [2.45, 2.75) is 84.1 Å². The van der Waals surface area contributed by atoms with Crippen LogP contribution in [0.25, 0.3) is 0 Å². The first kappa shape index (κ1) is 20.7. The van der Waals surface area contributed by atoms with Crippen molar-refractivity contribution in [1.82, 2.24) is 11.5 Å². The number of nitrogens with one attached hydrogen (secondary N) is 1. The molecule has 0 fully saturated rings. The summed E-state index contributed by atoms with van der Waals surface area (Å²) in [5.74, 6) is -0.762. The normalized spacial score (nSPS) is 11.9. The van der Waals surface area contributed by atoms with Crippen LogP contribution in [0.3, 0.4) is 0 Å². The molecule has 0 amide bonds. The Morgan fingerprint density at radius 2 is 1.37 bits per heavy atom. The molecule has 0 rings (SSSR count). The number of rotatable bonds is 13. The van der Waals surface area contributed by atoms with Crippen molar-refractivity contribution in [1.29, 1.82) is 0 Å². The van der Waals surface area contributed by atoms with Crippen LogP contribution in [0.4, 0.5) is 0 Å². The maximum Gasteiger partial charge on any atom is 0.320 e. The molecule has 1 atom stereocenters. The lowest BCUT2D eigenvalue weighted by Crippen LogP contribution is -2.34. The zero-order valence-electron chi connectivity index (χ0n) is 12.9. The van der Waals surface area contributed by atoms with Gasteiger partial charge in [0.1, 0.15) is 6.04 Å². The lowest BCUT2D eigenvalue weighted by atomic mass is 10.1. The van der Waals surface area contributed by atoms with Gasteiger partial charge in [0.2, 0.25) is 0 Å². The van der Waals surface area contributed by atoms with Crippen LogP contribution in [0.15, 0.2) is 0 Å². The van der Waals surface area contributed by atoms with Crippen molar-refractivity contribution in [3.05, 3.63) is 0 Å². The molecule has 0 heterocycles. The molecule has 19 heavy (non-hydrogen) atoms. The van der Waals surface area contributed by atoms with E-state index >= 15 is 0 Å². The highest BCUT2D eigenvalue weighted by atomic mass is 16.4. The summed E-state index contributed by atoms with van der Waals surface area (Å²) in [6, 6.07) is -0.413. The van der Waals surface area contributed by atoms with Crippen LogP contribution < -0.4 is 11.5 Å². The summed E-state index contributed by atoms with van der Waals surface area (Å²) in [4.78, 5) is 10.5. The Balaban J connectivity index is 0. The van der Waals surface area contributed by atoms with E-state index in [4.69, 9.17) is 5.11 Å². The van der Waals surface area contributed by atoms with E-state index in [1.165, 1.54) is 57.8 Å². The molecule has 4 nitrogen and oxygen atoms in total. The molecule has 0 aliphatic carbocycles. The number of unbranched alkanes of at least 4 members (excludes halogenated alkanes) is 9. The van der Waals surface area contributed by atoms with Crippen molar-refractivity contribution in [3.63, 3.8) is 0 Å². The molecular formula is C15H34N2O2. The van der Waals surface area contributed by atoms with Crippen molar-refractivity contribution in [3.8, 4) is 0 Å². The molecule has 0 radical (unpaired) electrons. The quantitative estimate of drug-likeness (QED) is 0.441. The second-order valence-electron chi connectivity index (χ2n) is 5.20. The molecule has 0 aliphatic rings. The Hall–Kier alpha value is -0.610.